The maximum absolute atomic E-state index is 13.6. The highest BCUT2D eigenvalue weighted by Crippen LogP contribution is 2.37. The number of ether oxygens (including phenoxy) is 4. The van der Waals surface area contributed by atoms with E-state index in [1.165, 1.54) is 24.4 Å². The first-order chi connectivity index (χ1) is 25.5. The second-order valence-electron chi connectivity index (χ2n) is 11.6. The lowest BCUT2D eigenvalue weighted by Gasteiger charge is -2.25. The van der Waals surface area contributed by atoms with Crippen LogP contribution >= 0.6 is 11.8 Å². The molecule has 13 heteroatoms. The molecular formula is C39H30N4O8S. The van der Waals surface area contributed by atoms with Gasteiger partial charge in [0.2, 0.25) is 0 Å². The van der Waals surface area contributed by atoms with E-state index in [0.717, 1.165) is 0 Å². The third-order valence-corrected chi connectivity index (χ3v) is 9.19. The quantitative estimate of drug-likeness (QED) is 0.0481. The number of nitrogens with zero attached hydrogens (tertiary/aromatic N) is 4. The molecule has 1 aliphatic rings. The van der Waals surface area contributed by atoms with Gasteiger partial charge in [-0.1, -0.05) is 96.7 Å². The molecule has 2 aromatic heterocycles. The van der Waals surface area contributed by atoms with E-state index in [9.17, 15) is 19.2 Å². The van der Waals surface area contributed by atoms with E-state index >= 15 is 0 Å². The molecule has 0 N–H and O–H groups in total. The Kier molecular flexibility index (Phi) is 10.4. The van der Waals surface area contributed by atoms with E-state index in [4.69, 9.17) is 18.9 Å². The number of rotatable bonds is 12. The van der Waals surface area contributed by atoms with Gasteiger partial charge in [-0.2, -0.15) is 0 Å². The van der Waals surface area contributed by atoms with E-state index in [-0.39, 0.29) is 29.3 Å². The van der Waals surface area contributed by atoms with Gasteiger partial charge in [0.25, 0.3) is 0 Å². The molecular weight excluding hydrogens is 685 g/mol. The number of imidazole rings is 1. The summed E-state index contributed by atoms with van der Waals surface area (Å²) in [5.41, 5.74) is 2.09. The van der Waals surface area contributed by atoms with Crippen molar-refractivity contribution in [3.63, 3.8) is 0 Å². The summed E-state index contributed by atoms with van der Waals surface area (Å²) in [6.07, 6.45) is -1.96. The van der Waals surface area contributed by atoms with Gasteiger partial charge in [0, 0.05) is 5.56 Å². The first kappa shape index (κ1) is 34.3. The van der Waals surface area contributed by atoms with Gasteiger partial charge in [-0.05, 0) is 36.4 Å². The molecule has 3 heterocycles. The molecule has 0 amide bonds. The number of thioether (sulfide) groups is 1. The Hall–Kier alpha value is -6.18. The third-order valence-electron chi connectivity index (χ3n) is 8.21. The Balaban J connectivity index is 1.22. The van der Waals surface area contributed by atoms with Crippen molar-refractivity contribution in [3.8, 4) is 0 Å². The molecule has 6 aromatic rings. The lowest BCUT2D eigenvalue weighted by Crippen LogP contribution is -2.41. The first-order valence-corrected chi connectivity index (χ1v) is 17.2. The summed E-state index contributed by atoms with van der Waals surface area (Å²) in [5.74, 6) is -2.00. The van der Waals surface area contributed by atoms with Gasteiger partial charge in [-0.15, -0.1) is 0 Å². The predicted molar refractivity (Wildman–Crippen MR) is 189 cm³/mol. The summed E-state index contributed by atoms with van der Waals surface area (Å²) in [7, 11) is 0. The summed E-state index contributed by atoms with van der Waals surface area (Å²) >= 11 is 1.20. The van der Waals surface area contributed by atoms with Crippen LogP contribution in [0.15, 0.2) is 139 Å². The third kappa shape index (κ3) is 7.60. The van der Waals surface area contributed by atoms with Crippen molar-refractivity contribution in [2.45, 2.75) is 29.6 Å². The zero-order chi connectivity index (χ0) is 35.9. The highest BCUT2D eigenvalue weighted by atomic mass is 32.2. The van der Waals surface area contributed by atoms with Crippen LogP contribution in [-0.2, 0) is 18.9 Å². The molecule has 260 valence electrons. The van der Waals surface area contributed by atoms with Crippen molar-refractivity contribution in [1.29, 1.82) is 0 Å². The molecule has 0 bridgehead atoms. The Morgan fingerprint density at radius 2 is 1.15 bits per heavy atom. The molecule has 0 radical (unpaired) electrons. The molecule has 2 unspecified atom stereocenters. The van der Waals surface area contributed by atoms with Crippen LogP contribution in [0, 0.1) is 0 Å². The van der Waals surface area contributed by atoms with Gasteiger partial charge in [-0.3, -0.25) is 9.36 Å². The van der Waals surface area contributed by atoms with Crippen LogP contribution in [0.25, 0.3) is 11.2 Å². The second kappa shape index (κ2) is 15.8. The van der Waals surface area contributed by atoms with Crippen LogP contribution in [0.5, 0.6) is 0 Å². The van der Waals surface area contributed by atoms with Crippen molar-refractivity contribution in [3.05, 3.63) is 156 Å². The molecule has 4 aromatic carbocycles. The molecule has 4 atom stereocenters. The zero-order valence-corrected chi connectivity index (χ0v) is 28.2. The Morgan fingerprint density at radius 3 is 1.73 bits per heavy atom. The van der Waals surface area contributed by atoms with Gasteiger partial charge in [-0.25, -0.2) is 29.3 Å². The SMILES string of the molecule is O=C(CSc1ncnc2c1ncn2C1OC(COC(=O)c2ccccc2)[C@@H](OC(=O)c2ccccc2)[C@H]1OC(=O)c1ccccc1)c1ccccc1. The van der Waals surface area contributed by atoms with Crippen LogP contribution in [0.4, 0.5) is 0 Å². The van der Waals surface area contributed by atoms with Crippen molar-refractivity contribution in [2.75, 3.05) is 12.4 Å². The van der Waals surface area contributed by atoms with E-state index in [2.05, 4.69) is 15.0 Å². The average Bonchev–Trinajstić information content (AvgIpc) is 3.78. The van der Waals surface area contributed by atoms with Gasteiger partial charge in [0.05, 0.1) is 28.8 Å². The molecule has 1 fully saturated rings. The number of benzene rings is 4. The van der Waals surface area contributed by atoms with Crippen molar-refractivity contribution >= 4 is 46.6 Å². The molecule has 0 spiro atoms. The highest BCUT2D eigenvalue weighted by molar-refractivity contribution is 8.00. The molecule has 1 aliphatic heterocycles. The molecule has 52 heavy (non-hydrogen) atoms. The molecule has 1 saturated heterocycles. The van der Waals surface area contributed by atoms with E-state index < -0.39 is 42.4 Å². The van der Waals surface area contributed by atoms with Crippen LogP contribution in [-0.4, -0.2) is 73.9 Å². The first-order valence-electron chi connectivity index (χ1n) is 16.2. The minimum absolute atomic E-state index is 0.0835. The maximum Gasteiger partial charge on any atom is 0.338 e. The molecule has 7 rings (SSSR count). The second-order valence-corrected chi connectivity index (χ2v) is 12.5. The largest absolute Gasteiger partial charge is 0.459 e. The van der Waals surface area contributed by atoms with Crippen molar-refractivity contribution < 1.29 is 38.1 Å². The summed E-state index contributed by atoms with van der Waals surface area (Å²) in [6, 6.07) is 34.0. The summed E-state index contributed by atoms with van der Waals surface area (Å²) in [6.45, 7) is -0.347. The summed E-state index contributed by atoms with van der Waals surface area (Å²) in [5, 5.41) is 0.448. The number of aromatic nitrogens is 4. The Bertz CT molecular complexity index is 2190. The topological polar surface area (TPSA) is 149 Å². The van der Waals surface area contributed by atoms with Gasteiger partial charge >= 0.3 is 17.9 Å². The number of Topliss-reactive ketones (excluding diaryl/α,β-unsaturated/α-hetero) is 1. The number of ketones is 1. The number of carbonyl (C=O) groups excluding carboxylic acids is 4. The fourth-order valence-electron chi connectivity index (χ4n) is 5.64. The zero-order valence-electron chi connectivity index (χ0n) is 27.4. The molecule has 0 saturated carbocycles. The number of hydrogen-bond donors (Lipinski definition) is 0. The fraction of sp³-hybridized carbons (Fsp3) is 0.154. The molecule has 0 aliphatic carbocycles. The number of esters is 3. The highest BCUT2D eigenvalue weighted by Gasteiger charge is 2.52. The monoisotopic (exact) mass is 714 g/mol. The normalized spacial score (nSPS) is 18.1. The van der Waals surface area contributed by atoms with Crippen molar-refractivity contribution in [1.82, 2.24) is 19.5 Å². The minimum Gasteiger partial charge on any atom is -0.459 e. The predicted octanol–water partition coefficient (Wildman–Crippen LogP) is 6.01. The number of carbonyl (C=O) groups is 4. The Morgan fingerprint density at radius 1 is 0.635 bits per heavy atom. The number of hydrogen-bond acceptors (Lipinski definition) is 12. The van der Waals surface area contributed by atoms with E-state index in [0.29, 0.717) is 27.3 Å². The fourth-order valence-corrected chi connectivity index (χ4v) is 6.48. The molecule has 12 nitrogen and oxygen atoms in total. The van der Waals surface area contributed by atoms with Crippen LogP contribution in [0.3, 0.4) is 0 Å². The van der Waals surface area contributed by atoms with E-state index in [1.807, 2.05) is 6.07 Å². The van der Waals surface area contributed by atoms with Crippen molar-refractivity contribution in [2.24, 2.45) is 0 Å². The van der Waals surface area contributed by atoms with Crippen LogP contribution in [0.2, 0.25) is 0 Å². The standard InChI is InChI=1S/C39H30N4O8S/c44-29(25-13-5-1-6-14-25)22-52-35-31-34(40-23-41-35)43(24-42-31)36-33(51-39(47)28-19-11-4-12-20-28)32(50-38(46)27-17-9-3-10-18-27)30(49-36)21-48-37(45)26-15-7-2-8-16-26/h1-20,23-24,30,32-33,36H,21-22H2/t30?,32-,33-,36?/m1/s1. The minimum atomic E-state index is -1.26. The van der Waals surface area contributed by atoms with Gasteiger partial charge < -0.3 is 18.9 Å². The maximum atomic E-state index is 13.6. The smallest absolute Gasteiger partial charge is 0.338 e. The summed E-state index contributed by atoms with van der Waals surface area (Å²) in [4.78, 5) is 66.3. The van der Waals surface area contributed by atoms with Crippen LogP contribution in [0.1, 0.15) is 47.7 Å². The lowest BCUT2D eigenvalue weighted by molar-refractivity contribution is -0.0606. The summed E-state index contributed by atoms with van der Waals surface area (Å²) < 4.78 is 25.8. The van der Waals surface area contributed by atoms with Gasteiger partial charge in [0.15, 0.2) is 29.9 Å². The number of fused-ring (bicyclic) bond motifs is 1. The lowest BCUT2D eigenvalue weighted by atomic mass is 10.1. The van der Waals surface area contributed by atoms with Gasteiger partial charge in [0.1, 0.15) is 29.6 Å². The Labute approximate surface area is 301 Å². The average molecular weight is 715 g/mol. The van der Waals surface area contributed by atoms with Crippen LogP contribution < -0.4 is 0 Å². The van der Waals surface area contributed by atoms with E-state index in [1.54, 1.807) is 120 Å².